The summed E-state index contributed by atoms with van der Waals surface area (Å²) in [6.45, 7) is 2.05. The fourth-order valence-corrected chi connectivity index (χ4v) is 3.73. The Morgan fingerprint density at radius 3 is 2.46 bits per heavy atom. The van der Waals surface area contributed by atoms with Crippen molar-refractivity contribution in [1.82, 2.24) is 4.72 Å². The molecule has 0 aliphatic carbocycles. The molecule has 0 aromatic heterocycles. The Hall–Kier alpha value is -2.33. The van der Waals surface area contributed by atoms with E-state index in [9.17, 15) is 13.2 Å². The lowest BCUT2D eigenvalue weighted by Gasteiger charge is -2.31. The first-order valence-corrected chi connectivity index (χ1v) is 9.92. The van der Waals surface area contributed by atoms with Crippen molar-refractivity contribution in [3.8, 4) is 11.5 Å². The number of ether oxygens (including phenoxy) is 2. The van der Waals surface area contributed by atoms with Crippen LogP contribution in [0.5, 0.6) is 11.5 Å². The Morgan fingerprint density at radius 2 is 1.79 bits per heavy atom. The number of carbonyl (C=O) groups excluding carboxylic acids is 1. The molecule has 2 unspecified atom stereocenters. The van der Waals surface area contributed by atoms with Gasteiger partial charge in [0.15, 0.2) is 11.5 Å². The minimum absolute atomic E-state index is 0. The fourth-order valence-electron chi connectivity index (χ4n) is 2.64. The summed E-state index contributed by atoms with van der Waals surface area (Å²) in [5.74, 6) is 0.632. The van der Waals surface area contributed by atoms with Gasteiger partial charge in [-0.05, 0) is 37.3 Å². The van der Waals surface area contributed by atoms with Crippen LogP contribution in [0.2, 0.25) is 0 Å². The van der Waals surface area contributed by atoms with Gasteiger partial charge in [0.25, 0.3) is 5.91 Å². The first-order valence-electron chi connectivity index (χ1n) is 8.44. The number of nitrogens with one attached hydrogen (secondary N) is 2. The zero-order valence-electron chi connectivity index (χ0n) is 15.1. The molecule has 1 aliphatic rings. The number of rotatable bonds is 6. The number of carbonyl (C=O) groups is 1. The molecule has 1 heterocycles. The number of hydrogen-bond acceptors (Lipinski definition) is 6. The second kappa shape index (κ2) is 9.24. The SMILES string of the molecule is CC1Oc2ccccc2OC1C(=O)Nc1cccc(S(=O)(=O)NCCN)c1.Cl. The number of halogens is 1. The van der Waals surface area contributed by atoms with Gasteiger partial charge in [-0.1, -0.05) is 18.2 Å². The summed E-state index contributed by atoms with van der Waals surface area (Å²) in [5, 5.41) is 2.68. The van der Waals surface area contributed by atoms with Crippen LogP contribution in [0.1, 0.15) is 6.92 Å². The van der Waals surface area contributed by atoms with Crippen molar-refractivity contribution in [1.29, 1.82) is 0 Å². The monoisotopic (exact) mass is 427 g/mol. The smallest absolute Gasteiger partial charge is 0.269 e. The van der Waals surface area contributed by atoms with E-state index in [4.69, 9.17) is 15.2 Å². The Morgan fingerprint density at radius 1 is 1.11 bits per heavy atom. The van der Waals surface area contributed by atoms with Crippen molar-refractivity contribution >= 4 is 34.0 Å². The maximum atomic E-state index is 12.6. The fraction of sp³-hybridized carbons (Fsp3) is 0.278. The molecule has 1 amide bonds. The number of nitrogens with two attached hydrogens (primary N) is 1. The molecule has 2 atom stereocenters. The molecule has 0 radical (unpaired) electrons. The molecular formula is C18H22ClN3O5S. The number of sulfonamides is 1. The molecule has 0 bridgehead atoms. The van der Waals surface area contributed by atoms with Gasteiger partial charge in [-0.3, -0.25) is 4.79 Å². The average molecular weight is 428 g/mol. The summed E-state index contributed by atoms with van der Waals surface area (Å²) in [7, 11) is -3.69. The second-order valence-electron chi connectivity index (χ2n) is 6.01. The van der Waals surface area contributed by atoms with Crippen LogP contribution in [0.4, 0.5) is 5.69 Å². The number of anilines is 1. The number of para-hydroxylation sites is 2. The minimum atomic E-state index is -3.69. The molecular weight excluding hydrogens is 406 g/mol. The predicted octanol–water partition coefficient (Wildman–Crippen LogP) is 1.51. The molecule has 0 spiro atoms. The van der Waals surface area contributed by atoms with E-state index in [0.717, 1.165) is 0 Å². The molecule has 1 aliphatic heterocycles. The van der Waals surface area contributed by atoms with Crippen LogP contribution in [-0.4, -0.2) is 39.6 Å². The van der Waals surface area contributed by atoms with Gasteiger partial charge < -0.3 is 20.5 Å². The van der Waals surface area contributed by atoms with E-state index in [-0.39, 0.29) is 30.4 Å². The number of fused-ring (bicyclic) bond motifs is 1. The van der Waals surface area contributed by atoms with Gasteiger partial charge in [0.1, 0.15) is 6.10 Å². The summed E-state index contributed by atoms with van der Waals surface area (Å²) in [5.41, 5.74) is 5.67. The molecule has 152 valence electrons. The van der Waals surface area contributed by atoms with Gasteiger partial charge >= 0.3 is 0 Å². The lowest BCUT2D eigenvalue weighted by atomic mass is 10.1. The van der Waals surface area contributed by atoms with E-state index in [2.05, 4.69) is 10.0 Å². The lowest BCUT2D eigenvalue weighted by Crippen LogP contribution is -2.46. The topological polar surface area (TPSA) is 120 Å². The summed E-state index contributed by atoms with van der Waals surface area (Å²) in [6.07, 6.45) is -1.37. The predicted molar refractivity (Wildman–Crippen MR) is 108 cm³/mol. The van der Waals surface area contributed by atoms with Gasteiger partial charge in [-0.15, -0.1) is 12.4 Å². The average Bonchev–Trinajstić information content (AvgIpc) is 2.66. The minimum Gasteiger partial charge on any atom is -0.482 e. The normalized spacial score (nSPS) is 18.1. The second-order valence-corrected chi connectivity index (χ2v) is 7.78. The molecule has 28 heavy (non-hydrogen) atoms. The van der Waals surface area contributed by atoms with E-state index < -0.39 is 28.1 Å². The zero-order valence-corrected chi connectivity index (χ0v) is 16.8. The highest BCUT2D eigenvalue weighted by Gasteiger charge is 2.34. The van der Waals surface area contributed by atoms with Gasteiger partial charge in [0.2, 0.25) is 16.1 Å². The number of amides is 1. The van der Waals surface area contributed by atoms with Crippen molar-refractivity contribution in [3.63, 3.8) is 0 Å². The van der Waals surface area contributed by atoms with Gasteiger partial charge in [-0.25, -0.2) is 13.1 Å². The largest absolute Gasteiger partial charge is 0.482 e. The number of hydrogen-bond donors (Lipinski definition) is 3. The maximum Gasteiger partial charge on any atom is 0.269 e. The first kappa shape index (κ1) is 22.0. The molecule has 3 rings (SSSR count). The third-order valence-electron chi connectivity index (χ3n) is 3.95. The first-order chi connectivity index (χ1) is 12.9. The Kier molecular flexibility index (Phi) is 7.25. The Labute approximate surface area is 169 Å². The molecule has 2 aromatic carbocycles. The van der Waals surface area contributed by atoms with Crippen molar-refractivity contribution in [2.45, 2.75) is 24.0 Å². The van der Waals surface area contributed by atoms with Crippen LogP contribution in [0, 0.1) is 0 Å². The highest BCUT2D eigenvalue weighted by Crippen LogP contribution is 2.33. The van der Waals surface area contributed by atoms with E-state index in [0.29, 0.717) is 17.2 Å². The Bertz CT molecular complexity index is 938. The molecule has 4 N–H and O–H groups in total. The van der Waals surface area contributed by atoms with Crippen molar-refractivity contribution in [3.05, 3.63) is 48.5 Å². The zero-order chi connectivity index (χ0) is 19.4. The highest BCUT2D eigenvalue weighted by atomic mass is 35.5. The third-order valence-corrected chi connectivity index (χ3v) is 5.41. The Balaban J connectivity index is 0.00000280. The van der Waals surface area contributed by atoms with E-state index >= 15 is 0 Å². The van der Waals surface area contributed by atoms with Crippen LogP contribution in [-0.2, 0) is 14.8 Å². The molecule has 8 nitrogen and oxygen atoms in total. The molecule has 2 aromatic rings. The van der Waals surface area contributed by atoms with Gasteiger partial charge in [-0.2, -0.15) is 0 Å². The van der Waals surface area contributed by atoms with Crippen LogP contribution in [0.25, 0.3) is 0 Å². The van der Waals surface area contributed by atoms with Gasteiger partial charge in [0, 0.05) is 18.8 Å². The molecule has 0 saturated carbocycles. The standard InChI is InChI=1S/C18H21N3O5S.ClH/c1-12-17(26-16-8-3-2-7-15(16)25-12)18(22)21-13-5-4-6-14(11-13)27(23,24)20-10-9-19;/h2-8,11-12,17,20H,9-10,19H2,1H3,(H,21,22);1H. The van der Waals surface area contributed by atoms with Crippen molar-refractivity contribution in [2.24, 2.45) is 5.73 Å². The molecule has 0 saturated heterocycles. The summed E-state index contributed by atoms with van der Waals surface area (Å²) in [4.78, 5) is 12.7. The summed E-state index contributed by atoms with van der Waals surface area (Å²) >= 11 is 0. The van der Waals surface area contributed by atoms with E-state index in [1.54, 1.807) is 37.3 Å². The highest BCUT2D eigenvalue weighted by molar-refractivity contribution is 7.89. The van der Waals surface area contributed by atoms with Crippen LogP contribution >= 0.6 is 12.4 Å². The van der Waals surface area contributed by atoms with Gasteiger partial charge in [0.05, 0.1) is 4.90 Å². The lowest BCUT2D eigenvalue weighted by molar-refractivity contribution is -0.128. The van der Waals surface area contributed by atoms with E-state index in [1.165, 1.54) is 12.1 Å². The third kappa shape index (κ3) is 4.93. The number of benzene rings is 2. The summed E-state index contributed by atoms with van der Waals surface area (Å²) < 4.78 is 38.2. The molecule has 0 fully saturated rings. The maximum absolute atomic E-state index is 12.6. The van der Waals surface area contributed by atoms with Crippen LogP contribution < -0.4 is 25.2 Å². The van der Waals surface area contributed by atoms with E-state index in [1.807, 2.05) is 6.07 Å². The van der Waals surface area contributed by atoms with Crippen molar-refractivity contribution in [2.75, 3.05) is 18.4 Å². The van der Waals surface area contributed by atoms with Crippen LogP contribution in [0.3, 0.4) is 0 Å². The van der Waals surface area contributed by atoms with Crippen molar-refractivity contribution < 1.29 is 22.7 Å². The van der Waals surface area contributed by atoms with Crippen LogP contribution in [0.15, 0.2) is 53.4 Å². The summed E-state index contributed by atoms with van der Waals surface area (Å²) in [6, 6.07) is 13.1. The molecule has 10 heteroatoms. The quantitative estimate of drug-likeness (QED) is 0.642.